The van der Waals surface area contributed by atoms with Crippen molar-refractivity contribution >= 4 is 5.91 Å². The van der Waals surface area contributed by atoms with E-state index in [9.17, 15) is 4.79 Å². The first-order chi connectivity index (χ1) is 8.45. The molecule has 0 aliphatic heterocycles. The van der Waals surface area contributed by atoms with Gasteiger partial charge in [0.25, 0.3) is 5.91 Å². The number of nitrogens with one attached hydrogen (secondary N) is 1. The Hall–Kier alpha value is -1.55. The van der Waals surface area contributed by atoms with Crippen molar-refractivity contribution in [1.29, 1.82) is 0 Å². The Labute approximate surface area is 109 Å². The molecular formula is C14H22N2O2. The van der Waals surface area contributed by atoms with Gasteiger partial charge in [-0.25, -0.2) is 0 Å². The van der Waals surface area contributed by atoms with Crippen molar-refractivity contribution in [2.24, 2.45) is 5.73 Å². The third-order valence-electron chi connectivity index (χ3n) is 2.79. The number of benzene rings is 1. The maximum Gasteiger partial charge on any atom is 0.258 e. The maximum absolute atomic E-state index is 11.0. The summed E-state index contributed by atoms with van der Waals surface area (Å²) in [6, 6.07) is 4.14. The summed E-state index contributed by atoms with van der Waals surface area (Å²) in [5.74, 6) is 0.298. The lowest BCUT2D eigenvalue weighted by Crippen LogP contribution is -2.31. The van der Waals surface area contributed by atoms with E-state index in [0.29, 0.717) is 0 Å². The third-order valence-corrected chi connectivity index (χ3v) is 2.79. The van der Waals surface area contributed by atoms with Crippen LogP contribution in [-0.2, 0) is 11.3 Å². The molecule has 0 aromatic heterocycles. The Morgan fingerprint density at radius 2 is 1.94 bits per heavy atom. The highest BCUT2D eigenvalue weighted by atomic mass is 16.5. The van der Waals surface area contributed by atoms with E-state index >= 15 is 0 Å². The van der Waals surface area contributed by atoms with Gasteiger partial charge in [0.1, 0.15) is 5.75 Å². The number of nitrogens with two attached hydrogens (primary N) is 1. The van der Waals surface area contributed by atoms with E-state index in [-0.39, 0.29) is 0 Å². The molecule has 18 heavy (non-hydrogen) atoms. The Morgan fingerprint density at radius 1 is 1.39 bits per heavy atom. The maximum atomic E-state index is 11.0. The van der Waals surface area contributed by atoms with Crippen LogP contribution in [-0.4, -0.2) is 18.6 Å². The van der Waals surface area contributed by atoms with Crippen molar-refractivity contribution in [3.8, 4) is 5.75 Å². The minimum Gasteiger partial charge on any atom is -0.480 e. The molecule has 1 amide bonds. The van der Waals surface area contributed by atoms with Crippen molar-refractivity contribution in [1.82, 2.24) is 5.32 Å². The number of hydrogen-bond acceptors (Lipinski definition) is 3. The minimum absolute atomic E-state index is 0.453. The highest BCUT2D eigenvalue weighted by Gasteiger charge is 2.14. The van der Waals surface area contributed by atoms with Crippen molar-refractivity contribution in [2.45, 2.75) is 40.3 Å². The molecule has 0 aliphatic rings. The van der Waals surface area contributed by atoms with Gasteiger partial charge in [-0.1, -0.05) is 19.1 Å². The molecule has 0 spiro atoms. The zero-order chi connectivity index (χ0) is 13.7. The van der Waals surface area contributed by atoms with Gasteiger partial charge in [0.2, 0.25) is 0 Å². The zero-order valence-corrected chi connectivity index (χ0v) is 11.5. The van der Waals surface area contributed by atoms with Crippen LogP contribution in [0, 0.1) is 13.8 Å². The molecule has 0 saturated carbocycles. The number of carbonyl (C=O) groups is 1. The van der Waals surface area contributed by atoms with Crippen LogP contribution in [0.5, 0.6) is 5.75 Å². The molecule has 3 N–H and O–H groups in total. The standard InChI is InChI=1S/C14H22N2O2/c1-5-16-8-12-6-9(2)13(10(3)7-12)18-11(4)14(15)17/h6-7,11,16H,5,8H2,1-4H3,(H2,15,17). The normalized spacial score (nSPS) is 12.2. The van der Waals surface area contributed by atoms with Gasteiger partial charge in [-0.05, 0) is 44.0 Å². The molecule has 4 heteroatoms. The minimum atomic E-state index is -0.609. The fourth-order valence-corrected chi connectivity index (χ4v) is 1.83. The summed E-state index contributed by atoms with van der Waals surface area (Å²) in [7, 11) is 0. The average molecular weight is 250 g/mol. The monoisotopic (exact) mass is 250 g/mol. The van der Waals surface area contributed by atoms with Gasteiger partial charge in [-0.2, -0.15) is 0 Å². The van der Waals surface area contributed by atoms with Gasteiger partial charge in [0.05, 0.1) is 0 Å². The smallest absolute Gasteiger partial charge is 0.258 e. The average Bonchev–Trinajstić information content (AvgIpc) is 2.30. The summed E-state index contributed by atoms with van der Waals surface area (Å²) < 4.78 is 5.60. The first-order valence-corrected chi connectivity index (χ1v) is 6.22. The molecule has 1 aromatic carbocycles. The summed E-state index contributed by atoms with van der Waals surface area (Å²) >= 11 is 0. The van der Waals surface area contributed by atoms with Crippen LogP contribution in [0.4, 0.5) is 0 Å². The Balaban J connectivity index is 2.90. The molecule has 0 radical (unpaired) electrons. The lowest BCUT2D eigenvalue weighted by molar-refractivity contribution is -0.124. The molecule has 0 saturated heterocycles. The third kappa shape index (κ3) is 3.74. The molecule has 0 aliphatic carbocycles. The second-order valence-corrected chi connectivity index (χ2v) is 4.50. The molecule has 100 valence electrons. The number of aryl methyl sites for hydroxylation is 2. The van der Waals surface area contributed by atoms with Crippen molar-refractivity contribution in [3.05, 3.63) is 28.8 Å². The lowest BCUT2D eigenvalue weighted by Gasteiger charge is -2.17. The fourth-order valence-electron chi connectivity index (χ4n) is 1.83. The van der Waals surface area contributed by atoms with Gasteiger partial charge in [0, 0.05) is 6.54 Å². The van der Waals surface area contributed by atoms with Gasteiger partial charge in [0.15, 0.2) is 6.10 Å². The lowest BCUT2D eigenvalue weighted by atomic mass is 10.1. The summed E-state index contributed by atoms with van der Waals surface area (Å²) in [4.78, 5) is 11.0. The number of ether oxygens (including phenoxy) is 1. The van der Waals surface area contributed by atoms with Crippen molar-refractivity contribution in [3.63, 3.8) is 0 Å². The molecule has 0 bridgehead atoms. The Bertz CT molecular complexity index is 407. The highest BCUT2D eigenvalue weighted by molar-refractivity contribution is 5.78. The number of hydrogen-bond donors (Lipinski definition) is 2. The summed E-state index contributed by atoms with van der Waals surface area (Å²) in [6.45, 7) is 9.47. The first-order valence-electron chi connectivity index (χ1n) is 6.22. The summed E-state index contributed by atoms with van der Waals surface area (Å²) in [5.41, 5.74) is 8.47. The van der Waals surface area contributed by atoms with E-state index in [1.54, 1.807) is 6.92 Å². The Kier molecular flexibility index (Phi) is 5.16. The van der Waals surface area contributed by atoms with Crippen LogP contribution >= 0.6 is 0 Å². The molecule has 4 nitrogen and oxygen atoms in total. The Morgan fingerprint density at radius 3 is 2.39 bits per heavy atom. The summed E-state index contributed by atoms with van der Waals surface area (Å²) in [5, 5.41) is 3.28. The van der Waals surface area contributed by atoms with Crippen LogP contribution in [0.3, 0.4) is 0 Å². The van der Waals surface area contributed by atoms with Gasteiger partial charge < -0.3 is 15.8 Å². The van der Waals surface area contributed by atoms with Gasteiger partial charge in [-0.3, -0.25) is 4.79 Å². The van der Waals surface area contributed by atoms with Crippen molar-refractivity contribution < 1.29 is 9.53 Å². The van der Waals surface area contributed by atoms with Gasteiger partial charge >= 0.3 is 0 Å². The molecule has 0 heterocycles. The fraction of sp³-hybridized carbons (Fsp3) is 0.500. The molecule has 1 aromatic rings. The van der Waals surface area contributed by atoms with E-state index in [0.717, 1.165) is 30.0 Å². The topological polar surface area (TPSA) is 64.3 Å². The van der Waals surface area contributed by atoms with Crippen LogP contribution in [0.1, 0.15) is 30.5 Å². The first kappa shape index (κ1) is 14.5. The van der Waals surface area contributed by atoms with Crippen LogP contribution in [0.2, 0.25) is 0 Å². The summed E-state index contributed by atoms with van der Waals surface area (Å²) in [6.07, 6.45) is -0.609. The zero-order valence-electron chi connectivity index (χ0n) is 11.5. The van der Waals surface area contributed by atoms with Crippen LogP contribution in [0.25, 0.3) is 0 Å². The second kappa shape index (κ2) is 6.40. The largest absolute Gasteiger partial charge is 0.480 e. The predicted octanol–water partition coefficient (Wildman–Crippen LogP) is 1.67. The van der Waals surface area contributed by atoms with E-state index in [2.05, 4.69) is 24.4 Å². The second-order valence-electron chi connectivity index (χ2n) is 4.50. The predicted molar refractivity (Wildman–Crippen MR) is 72.6 cm³/mol. The quantitative estimate of drug-likeness (QED) is 0.807. The van der Waals surface area contributed by atoms with Crippen LogP contribution in [0.15, 0.2) is 12.1 Å². The van der Waals surface area contributed by atoms with E-state index in [4.69, 9.17) is 10.5 Å². The SMILES string of the molecule is CCNCc1cc(C)c(OC(C)C(N)=O)c(C)c1. The molecule has 1 rings (SSSR count). The number of amides is 1. The number of carbonyl (C=O) groups excluding carboxylic acids is 1. The highest BCUT2D eigenvalue weighted by Crippen LogP contribution is 2.25. The molecule has 0 fully saturated rings. The van der Waals surface area contributed by atoms with Crippen LogP contribution < -0.4 is 15.8 Å². The molecular weight excluding hydrogens is 228 g/mol. The van der Waals surface area contributed by atoms with E-state index < -0.39 is 12.0 Å². The van der Waals surface area contributed by atoms with Gasteiger partial charge in [-0.15, -0.1) is 0 Å². The number of primary amides is 1. The molecule has 1 unspecified atom stereocenters. The number of rotatable bonds is 6. The van der Waals surface area contributed by atoms with E-state index in [1.165, 1.54) is 5.56 Å². The van der Waals surface area contributed by atoms with Crippen molar-refractivity contribution in [2.75, 3.05) is 6.54 Å². The molecule has 1 atom stereocenters. The van der Waals surface area contributed by atoms with E-state index in [1.807, 2.05) is 13.8 Å².